The Morgan fingerprint density at radius 3 is 2.62 bits per heavy atom. The number of benzene rings is 1. The highest BCUT2D eigenvalue weighted by molar-refractivity contribution is 6.32. The minimum absolute atomic E-state index is 0.832. The lowest BCUT2D eigenvalue weighted by molar-refractivity contribution is 0.631. The van der Waals surface area contributed by atoms with Crippen molar-refractivity contribution in [2.75, 3.05) is 0 Å². The van der Waals surface area contributed by atoms with Crippen LogP contribution >= 0.6 is 0 Å². The van der Waals surface area contributed by atoms with E-state index in [9.17, 15) is 0 Å². The highest BCUT2D eigenvalue weighted by Gasteiger charge is 2.05. The average Bonchev–Trinajstić information content (AvgIpc) is 2.73. The molecule has 0 unspecified atom stereocenters. The monoisotopic (exact) mass is 207 g/mol. The molecule has 0 saturated heterocycles. The van der Waals surface area contributed by atoms with Crippen LogP contribution in [0.4, 0.5) is 0 Å². The molecule has 3 rings (SSSR count). The van der Waals surface area contributed by atoms with Gasteiger partial charge < -0.3 is 4.42 Å². The van der Waals surface area contributed by atoms with E-state index in [1.165, 1.54) is 5.46 Å². The van der Waals surface area contributed by atoms with Crippen LogP contribution in [-0.2, 0) is 0 Å². The number of furan rings is 1. The maximum atomic E-state index is 5.73. The fraction of sp³-hybridized carbons (Fsp3) is 0. The summed E-state index contributed by atoms with van der Waals surface area (Å²) in [5.74, 6) is 0.869. The largest absolute Gasteiger partial charge is 0.454 e. The van der Waals surface area contributed by atoms with E-state index < -0.39 is 0 Å². The fourth-order valence-electron chi connectivity index (χ4n) is 1.73. The Kier molecular flexibility index (Phi) is 2.03. The van der Waals surface area contributed by atoms with Gasteiger partial charge in [-0.15, -0.1) is 0 Å². The molecule has 0 atom stereocenters. The van der Waals surface area contributed by atoms with Gasteiger partial charge in [-0.1, -0.05) is 29.7 Å². The van der Waals surface area contributed by atoms with E-state index in [0.29, 0.717) is 0 Å². The lowest BCUT2D eigenvalue weighted by Crippen LogP contribution is -1.98. The zero-order chi connectivity index (χ0) is 11.0. The van der Waals surface area contributed by atoms with Gasteiger partial charge in [-0.2, -0.15) is 0 Å². The van der Waals surface area contributed by atoms with Gasteiger partial charge in [0.1, 0.15) is 19.1 Å². The second-order valence-electron chi connectivity index (χ2n) is 3.86. The first kappa shape index (κ1) is 9.22. The number of hydrogen-bond acceptors (Lipinski definition) is 2. The highest BCUT2D eigenvalue weighted by Crippen LogP contribution is 2.25. The molecule has 0 N–H and O–H groups in total. The Bertz CT molecular complexity index is 595. The van der Waals surface area contributed by atoms with Crippen LogP contribution in [0.15, 0.2) is 53.1 Å². The third kappa shape index (κ3) is 1.50. The van der Waals surface area contributed by atoms with E-state index in [2.05, 4.69) is 37.1 Å². The van der Waals surface area contributed by atoms with Crippen LogP contribution in [0, 0.1) is 0 Å². The molecular weight excluding hydrogens is 197 g/mol. The summed E-state index contributed by atoms with van der Waals surface area (Å²) in [7, 11) is 2.07. The zero-order valence-electron chi connectivity index (χ0n) is 8.97. The van der Waals surface area contributed by atoms with Crippen molar-refractivity contribution in [1.29, 1.82) is 0 Å². The van der Waals surface area contributed by atoms with Crippen LogP contribution < -0.4 is 5.46 Å². The fourth-order valence-corrected chi connectivity index (χ4v) is 1.73. The molecule has 76 valence electrons. The molecule has 2 nitrogen and oxygen atoms in total. The molecule has 2 aromatic heterocycles. The highest BCUT2D eigenvalue weighted by atomic mass is 16.3. The van der Waals surface area contributed by atoms with Crippen LogP contribution in [0.3, 0.4) is 0 Å². The Morgan fingerprint density at radius 2 is 1.88 bits per heavy atom. The molecule has 0 aliphatic heterocycles. The number of aromatic nitrogens is 1. The molecule has 0 saturated carbocycles. The van der Waals surface area contributed by atoms with E-state index in [1.807, 2.05) is 18.2 Å². The zero-order valence-corrected chi connectivity index (χ0v) is 8.97. The lowest BCUT2D eigenvalue weighted by Gasteiger charge is -1.96. The smallest absolute Gasteiger partial charge is 0.153 e. The molecule has 0 radical (unpaired) electrons. The molecule has 16 heavy (non-hydrogen) atoms. The van der Waals surface area contributed by atoms with Gasteiger partial charge in [0.25, 0.3) is 0 Å². The standard InChI is InChI=1S/C13H10BNO/c14-10-5-3-9(4-6-10)13-8-11-12(16-13)2-1-7-15-11/h1-8H,14H2. The van der Waals surface area contributed by atoms with Crippen molar-refractivity contribution in [2.24, 2.45) is 0 Å². The summed E-state index contributed by atoms with van der Waals surface area (Å²) in [6.45, 7) is 0. The maximum Gasteiger partial charge on any atom is 0.153 e. The molecule has 3 aromatic rings. The molecule has 0 aliphatic rings. The van der Waals surface area contributed by atoms with Crippen molar-refractivity contribution in [2.45, 2.75) is 0 Å². The van der Waals surface area contributed by atoms with Gasteiger partial charge in [0.2, 0.25) is 0 Å². The molecule has 0 bridgehead atoms. The Hall–Kier alpha value is -2.03. The summed E-state index contributed by atoms with van der Waals surface area (Å²) >= 11 is 0. The summed E-state index contributed by atoms with van der Waals surface area (Å²) < 4.78 is 5.73. The third-order valence-corrected chi connectivity index (χ3v) is 2.62. The van der Waals surface area contributed by atoms with Crippen molar-refractivity contribution in [3.05, 3.63) is 48.7 Å². The van der Waals surface area contributed by atoms with E-state index in [1.54, 1.807) is 6.20 Å². The van der Waals surface area contributed by atoms with Gasteiger partial charge in [-0.3, -0.25) is 4.98 Å². The molecule has 0 spiro atoms. The van der Waals surface area contributed by atoms with Crippen LogP contribution in [0.25, 0.3) is 22.4 Å². The van der Waals surface area contributed by atoms with E-state index >= 15 is 0 Å². The summed E-state index contributed by atoms with van der Waals surface area (Å²) in [6, 6.07) is 14.1. The summed E-state index contributed by atoms with van der Waals surface area (Å²) in [6.07, 6.45) is 1.77. The van der Waals surface area contributed by atoms with Gasteiger partial charge in [0.15, 0.2) is 5.58 Å². The van der Waals surface area contributed by atoms with Crippen LogP contribution in [0.1, 0.15) is 0 Å². The van der Waals surface area contributed by atoms with Gasteiger partial charge >= 0.3 is 0 Å². The Morgan fingerprint density at radius 1 is 1.06 bits per heavy atom. The van der Waals surface area contributed by atoms with Crippen molar-refractivity contribution in [3.8, 4) is 11.3 Å². The summed E-state index contributed by atoms with van der Waals surface area (Å²) in [5, 5.41) is 0. The molecule has 2 heterocycles. The normalized spacial score (nSPS) is 10.8. The minimum Gasteiger partial charge on any atom is -0.454 e. The van der Waals surface area contributed by atoms with E-state index in [-0.39, 0.29) is 0 Å². The number of fused-ring (bicyclic) bond motifs is 1. The third-order valence-electron chi connectivity index (χ3n) is 2.62. The van der Waals surface area contributed by atoms with Gasteiger partial charge in [-0.05, 0) is 12.1 Å². The molecule has 1 aromatic carbocycles. The van der Waals surface area contributed by atoms with Crippen LogP contribution in [-0.4, -0.2) is 12.8 Å². The van der Waals surface area contributed by atoms with Crippen molar-refractivity contribution >= 4 is 24.4 Å². The second-order valence-corrected chi connectivity index (χ2v) is 3.86. The van der Waals surface area contributed by atoms with Gasteiger partial charge in [0, 0.05) is 17.8 Å². The topological polar surface area (TPSA) is 26.0 Å². The van der Waals surface area contributed by atoms with Crippen LogP contribution in [0.2, 0.25) is 0 Å². The van der Waals surface area contributed by atoms with E-state index in [4.69, 9.17) is 4.42 Å². The molecule has 0 fully saturated rings. The maximum absolute atomic E-state index is 5.73. The SMILES string of the molecule is Bc1ccc(-c2cc3ncccc3o2)cc1. The lowest BCUT2D eigenvalue weighted by atomic mass is 9.95. The van der Waals surface area contributed by atoms with Crippen molar-refractivity contribution in [3.63, 3.8) is 0 Å². The molecular formula is C13H10BNO. The average molecular weight is 207 g/mol. The first-order valence-electron chi connectivity index (χ1n) is 5.24. The van der Waals surface area contributed by atoms with E-state index in [0.717, 1.165) is 22.4 Å². The number of pyridine rings is 1. The van der Waals surface area contributed by atoms with Gasteiger partial charge in [-0.25, -0.2) is 0 Å². The molecule has 0 amide bonds. The van der Waals surface area contributed by atoms with Crippen LogP contribution in [0.5, 0.6) is 0 Å². The minimum atomic E-state index is 0.832. The summed E-state index contributed by atoms with van der Waals surface area (Å²) in [4.78, 5) is 4.25. The molecule has 0 aliphatic carbocycles. The van der Waals surface area contributed by atoms with Crippen molar-refractivity contribution < 1.29 is 4.42 Å². The van der Waals surface area contributed by atoms with Gasteiger partial charge in [0.05, 0.1) is 0 Å². The Balaban J connectivity index is 2.15. The molecule has 3 heteroatoms. The number of nitrogens with zero attached hydrogens (tertiary/aromatic N) is 1. The van der Waals surface area contributed by atoms with Crippen molar-refractivity contribution in [1.82, 2.24) is 4.98 Å². The quantitative estimate of drug-likeness (QED) is 0.568. The predicted octanol–water partition coefficient (Wildman–Crippen LogP) is 1.75. The second kappa shape index (κ2) is 3.52. The Labute approximate surface area is 94.3 Å². The predicted molar refractivity (Wildman–Crippen MR) is 67.6 cm³/mol. The first-order chi connectivity index (χ1) is 7.83. The number of hydrogen-bond donors (Lipinski definition) is 0. The number of rotatable bonds is 1. The summed E-state index contributed by atoms with van der Waals surface area (Å²) in [5.41, 5.74) is 4.07. The first-order valence-corrected chi connectivity index (χ1v) is 5.24.